The molecule has 0 bridgehead atoms. The molecular weight excluding hydrogens is 206 g/mol. The van der Waals surface area contributed by atoms with E-state index in [-0.39, 0.29) is 6.61 Å². The molecule has 0 spiro atoms. The standard InChI is InChI=1S/C12H23NO3/c1-8-5-9(2)10(3)13(6-8)11(7-16-4)12(14)15/h8-11H,5-7H2,1-4H3,(H,14,15). The van der Waals surface area contributed by atoms with E-state index in [0.29, 0.717) is 17.9 Å². The summed E-state index contributed by atoms with van der Waals surface area (Å²) in [5, 5.41) is 9.23. The first-order chi connectivity index (χ1) is 7.47. The number of hydrogen-bond acceptors (Lipinski definition) is 3. The fourth-order valence-electron chi connectivity index (χ4n) is 2.64. The molecule has 16 heavy (non-hydrogen) atoms. The van der Waals surface area contributed by atoms with Gasteiger partial charge in [-0.1, -0.05) is 13.8 Å². The van der Waals surface area contributed by atoms with Gasteiger partial charge >= 0.3 is 5.97 Å². The molecule has 0 aliphatic carbocycles. The first-order valence-corrected chi connectivity index (χ1v) is 5.94. The quantitative estimate of drug-likeness (QED) is 0.792. The van der Waals surface area contributed by atoms with E-state index in [1.165, 1.54) is 6.42 Å². The summed E-state index contributed by atoms with van der Waals surface area (Å²) < 4.78 is 5.01. The highest BCUT2D eigenvalue weighted by Gasteiger charge is 2.36. The number of aliphatic carboxylic acids is 1. The van der Waals surface area contributed by atoms with E-state index >= 15 is 0 Å². The number of nitrogens with zero attached hydrogens (tertiary/aromatic N) is 1. The molecule has 1 rings (SSSR count). The van der Waals surface area contributed by atoms with E-state index in [1.807, 2.05) is 0 Å². The number of carboxylic acids is 1. The van der Waals surface area contributed by atoms with Crippen LogP contribution in [0.25, 0.3) is 0 Å². The van der Waals surface area contributed by atoms with Gasteiger partial charge in [0, 0.05) is 19.7 Å². The van der Waals surface area contributed by atoms with Crippen LogP contribution in [0.1, 0.15) is 27.2 Å². The van der Waals surface area contributed by atoms with Crippen molar-refractivity contribution in [2.75, 3.05) is 20.3 Å². The summed E-state index contributed by atoms with van der Waals surface area (Å²) in [6, 6.07) is -0.197. The summed E-state index contributed by atoms with van der Waals surface area (Å²) in [7, 11) is 1.55. The van der Waals surface area contributed by atoms with Crippen LogP contribution < -0.4 is 0 Å². The zero-order valence-corrected chi connectivity index (χ0v) is 10.6. The number of rotatable bonds is 4. The second-order valence-corrected chi connectivity index (χ2v) is 5.06. The van der Waals surface area contributed by atoms with Crippen molar-refractivity contribution < 1.29 is 14.6 Å². The molecule has 1 N–H and O–H groups in total. The van der Waals surface area contributed by atoms with Crippen molar-refractivity contribution in [1.82, 2.24) is 4.90 Å². The van der Waals surface area contributed by atoms with Crippen LogP contribution in [0.3, 0.4) is 0 Å². The van der Waals surface area contributed by atoms with Crippen LogP contribution in [0, 0.1) is 11.8 Å². The molecule has 4 nitrogen and oxygen atoms in total. The lowest BCUT2D eigenvalue weighted by atomic mass is 9.85. The first kappa shape index (κ1) is 13.5. The van der Waals surface area contributed by atoms with Gasteiger partial charge in [-0.25, -0.2) is 0 Å². The number of methoxy groups -OCH3 is 1. The lowest BCUT2D eigenvalue weighted by Gasteiger charge is -2.43. The van der Waals surface area contributed by atoms with Crippen LogP contribution >= 0.6 is 0 Å². The van der Waals surface area contributed by atoms with E-state index < -0.39 is 12.0 Å². The number of hydrogen-bond donors (Lipinski definition) is 1. The van der Waals surface area contributed by atoms with Crippen molar-refractivity contribution in [2.24, 2.45) is 11.8 Å². The maximum Gasteiger partial charge on any atom is 0.323 e. The minimum Gasteiger partial charge on any atom is -0.480 e. The van der Waals surface area contributed by atoms with Crippen LogP contribution in [-0.2, 0) is 9.53 Å². The molecule has 1 aliphatic heterocycles. The Morgan fingerprint density at radius 2 is 2.12 bits per heavy atom. The largest absolute Gasteiger partial charge is 0.480 e. The van der Waals surface area contributed by atoms with Gasteiger partial charge in [-0.3, -0.25) is 9.69 Å². The average Bonchev–Trinajstić information content (AvgIpc) is 2.20. The molecular formula is C12H23NO3. The lowest BCUT2D eigenvalue weighted by molar-refractivity contribution is -0.148. The van der Waals surface area contributed by atoms with Gasteiger partial charge in [0.1, 0.15) is 6.04 Å². The van der Waals surface area contributed by atoms with Gasteiger partial charge in [-0.2, -0.15) is 0 Å². The van der Waals surface area contributed by atoms with E-state index in [4.69, 9.17) is 4.74 Å². The molecule has 94 valence electrons. The van der Waals surface area contributed by atoms with E-state index in [0.717, 1.165) is 6.54 Å². The molecule has 0 aromatic heterocycles. The minimum atomic E-state index is -0.782. The van der Waals surface area contributed by atoms with Crippen LogP contribution in [0.5, 0.6) is 0 Å². The topological polar surface area (TPSA) is 49.8 Å². The molecule has 0 amide bonds. The molecule has 4 heteroatoms. The van der Waals surface area contributed by atoms with Gasteiger partial charge in [0.25, 0.3) is 0 Å². The molecule has 1 heterocycles. The Balaban J connectivity index is 2.77. The first-order valence-electron chi connectivity index (χ1n) is 5.94. The molecule has 0 saturated carbocycles. The Labute approximate surface area is 97.6 Å². The van der Waals surface area contributed by atoms with Crippen LogP contribution in [0.15, 0.2) is 0 Å². The number of likely N-dealkylation sites (tertiary alicyclic amines) is 1. The van der Waals surface area contributed by atoms with Gasteiger partial charge in [-0.05, 0) is 25.2 Å². The fraction of sp³-hybridized carbons (Fsp3) is 0.917. The van der Waals surface area contributed by atoms with Crippen molar-refractivity contribution in [3.8, 4) is 0 Å². The van der Waals surface area contributed by atoms with Crippen LogP contribution in [-0.4, -0.2) is 48.3 Å². The Bertz CT molecular complexity index is 244. The number of piperidine rings is 1. The predicted molar refractivity (Wildman–Crippen MR) is 62.4 cm³/mol. The molecule has 1 aliphatic rings. The maximum atomic E-state index is 11.2. The maximum absolute atomic E-state index is 11.2. The Kier molecular flexibility index (Phi) is 4.74. The second kappa shape index (κ2) is 5.64. The zero-order chi connectivity index (χ0) is 12.3. The average molecular weight is 229 g/mol. The monoisotopic (exact) mass is 229 g/mol. The number of carboxylic acid groups (broad SMARTS) is 1. The number of carbonyl (C=O) groups is 1. The summed E-state index contributed by atoms with van der Waals surface area (Å²) in [5.41, 5.74) is 0. The third kappa shape index (κ3) is 2.95. The van der Waals surface area contributed by atoms with Crippen molar-refractivity contribution >= 4 is 5.97 Å². The van der Waals surface area contributed by atoms with E-state index in [1.54, 1.807) is 7.11 Å². The zero-order valence-electron chi connectivity index (χ0n) is 10.6. The highest BCUT2D eigenvalue weighted by Crippen LogP contribution is 2.28. The minimum absolute atomic E-state index is 0.263. The SMILES string of the molecule is COCC(C(=O)O)N1CC(C)CC(C)C1C. The third-order valence-electron chi connectivity index (χ3n) is 3.65. The van der Waals surface area contributed by atoms with Crippen LogP contribution in [0.2, 0.25) is 0 Å². The van der Waals surface area contributed by atoms with Crippen molar-refractivity contribution in [3.63, 3.8) is 0 Å². The molecule has 0 aromatic carbocycles. The molecule has 0 radical (unpaired) electrons. The Morgan fingerprint density at radius 3 is 2.62 bits per heavy atom. The summed E-state index contributed by atoms with van der Waals surface area (Å²) in [5.74, 6) is 0.322. The van der Waals surface area contributed by atoms with E-state index in [9.17, 15) is 9.90 Å². The van der Waals surface area contributed by atoms with Crippen molar-refractivity contribution in [1.29, 1.82) is 0 Å². The normalized spacial score (nSPS) is 33.6. The van der Waals surface area contributed by atoms with E-state index in [2.05, 4.69) is 25.7 Å². The van der Waals surface area contributed by atoms with Crippen molar-refractivity contribution in [3.05, 3.63) is 0 Å². The summed E-state index contributed by atoms with van der Waals surface area (Å²) >= 11 is 0. The van der Waals surface area contributed by atoms with Gasteiger partial charge < -0.3 is 9.84 Å². The predicted octanol–water partition coefficient (Wildman–Crippen LogP) is 1.45. The van der Waals surface area contributed by atoms with Gasteiger partial charge in [0.15, 0.2) is 0 Å². The molecule has 0 aromatic rings. The molecule has 4 unspecified atom stereocenters. The Morgan fingerprint density at radius 1 is 1.50 bits per heavy atom. The third-order valence-corrected chi connectivity index (χ3v) is 3.65. The molecule has 1 saturated heterocycles. The summed E-state index contributed by atoms with van der Waals surface area (Å²) in [6.07, 6.45) is 1.18. The smallest absolute Gasteiger partial charge is 0.323 e. The van der Waals surface area contributed by atoms with Gasteiger partial charge in [0.2, 0.25) is 0 Å². The fourth-order valence-corrected chi connectivity index (χ4v) is 2.64. The van der Waals surface area contributed by atoms with Gasteiger partial charge in [0.05, 0.1) is 6.61 Å². The van der Waals surface area contributed by atoms with Gasteiger partial charge in [-0.15, -0.1) is 0 Å². The second-order valence-electron chi connectivity index (χ2n) is 5.06. The molecule has 1 fully saturated rings. The summed E-state index contributed by atoms with van der Waals surface area (Å²) in [4.78, 5) is 13.3. The highest BCUT2D eigenvalue weighted by atomic mass is 16.5. The number of ether oxygens (including phenoxy) is 1. The lowest BCUT2D eigenvalue weighted by Crippen LogP contribution is -2.55. The Hall–Kier alpha value is -0.610. The summed E-state index contributed by atoms with van der Waals surface area (Å²) in [6.45, 7) is 7.60. The highest BCUT2D eigenvalue weighted by molar-refractivity contribution is 5.73. The van der Waals surface area contributed by atoms with Crippen LogP contribution in [0.4, 0.5) is 0 Å². The molecule has 4 atom stereocenters. The van der Waals surface area contributed by atoms with Crippen molar-refractivity contribution in [2.45, 2.75) is 39.3 Å².